The quantitative estimate of drug-likeness (QED) is 0.911. The lowest BCUT2D eigenvalue weighted by Gasteiger charge is -2.15. The molecular weight excluding hydrogens is 276 g/mol. The SMILES string of the molecule is CN(Cc1cnn(-c2ccccc2)c1)C(=O)CCN.Cl. The molecule has 6 heteroatoms. The summed E-state index contributed by atoms with van der Waals surface area (Å²) in [6.07, 6.45) is 4.09. The fraction of sp³-hybridized carbons (Fsp3) is 0.286. The van der Waals surface area contributed by atoms with Crippen LogP contribution in [0.25, 0.3) is 5.69 Å². The summed E-state index contributed by atoms with van der Waals surface area (Å²) in [4.78, 5) is 13.3. The summed E-state index contributed by atoms with van der Waals surface area (Å²) in [5.41, 5.74) is 7.38. The number of nitrogens with two attached hydrogens (primary N) is 1. The zero-order valence-electron chi connectivity index (χ0n) is 11.4. The minimum Gasteiger partial charge on any atom is -0.341 e. The lowest BCUT2D eigenvalue weighted by molar-refractivity contribution is -0.130. The maximum absolute atomic E-state index is 11.6. The maximum atomic E-state index is 11.6. The van der Waals surface area contributed by atoms with E-state index in [1.54, 1.807) is 22.8 Å². The van der Waals surface area contributed by atoms with Gasteiger partial charge in [-0.15, -0.1) is 12.4 Å². The molecule has 0 bridgehead atoms. The van der Waals surface area contributed by atoms with Crippen molar-refractivity contribution in [3.05, 3.63) is 48.3 Å². The highest BCUT2D eigenvalue weighted by Crippen LogP contribution is 2.09. The van der Waals surface area contributed by atoms with Crippen LogP contribution in [0.2, 0.25) is 0 Å². The van der Waals surface area contributed by atoms with Crippen molar-refractivity contribution in [1.82, 2.24) is 14.7 Å². The molecule has 0 saturated heterocycles. The van der Waals surface area contributed by atoms with Gasteiger partial charge in [-0.25, -0.2) is 4.68 Å². The van der Waals surface area contributed by atoms with Crippen molar-refractivity contribution >= 4 is 18.3 Å². The van der Waals surface area contributed by atoms with E-state index in [0.717, 1.165) is 11.3 Å². The molecule has 1 amide bonds. The average molecular weight is 295 g/mol. The van der Waals surface area contributed by atoms with E-state index < -0.39 is 0 Å². The number of benzene rings is 1. The standard InChI is InChI=1S/C14H18N4O.ClH/c1-17(14(19)7-8-15)10-12-9-16-18(11-12)13-5-3-2-4-6-13;/h2-6,9,11H,7-8,10,15H2,1H3;1H. The summed E-state index contributed by atoms with van der Waals surface area (Å²) in [5, 5.41) is 4.30. The number of carbonyl (C=O) groups excluding carboxylic acids is 1. The predicted octanol–water partition coefficient (Wildman–Crippen LogP) is 1.60. The highest BCUT2D eigenvalue weighted by molar-refractivity contribution is 5.85. The van der Waals surface area contributed by atoms with Crippen LogP contribution in [-0.2, 0) is 11.3 Å². The largest absolute Gasteiger partial charge is 0.341 e. The smallest absolute Gasteiger partial charge is 0.223 e. The van der Waals surface area contributed by atoms with E-state index in [0.29, 0.717) is 19.5 Å². The maximum Gasteiger partial charge on any atom is 0.223 e. The first-order valence-corrected chi connectivity index (χ1v) is 6.23. The number of hydrogen-bond acceptors (Lipinski definition) is 3. The van der Waals surface area contributed by atoms with Crippen molar-refractivity contribution in [3.63, 3.8) is 0 Å². The Morgan fingerprint density at radius 3 is 2.70 bits per heavy atom. The van der Waals surface area contributed by atoms with E-state index in [1.807, 2.05) is 36.5 Å². The van der Waals surface area contributed by atoms with E-state index in [-0.39, 0.29) is 18.3 Å². The van der Waals surface area contributed by atoms with Crippen molar-refractivity contribution in [2.75, 3.05) is 13.6 Å². The van der Waals surface area contributed by atoms with Gasteiger partial charge < -0.3 is 10.6 Å². The molecule has 0 spiro atoms. The molecule has 108 valence electrons. The van der Waals surface area contributed by atoms with Crippen molar-refractivity contribution in [2.45, 2.75) is 13.0 Å². The second kappa shape index (κ2) is 7.67. The van der Waals surface area contributed by atoms with Gasteiger partial charge in [-0.2, -0.15) is 5.10 Å². The van der Waals surface area contributed by atoms with Gasteiger partial charge in [0.05, 0.1) is 11.9 Å². The predicted molar refractivity (Wildman–Crippen MR) is 81.0 cm³/mol. The van der Waals surface area contributed by atoms with E-state index in [2.05, 4.69) is 5.10 Å². The second-order valence-electron chi connectivity index (χ2n) is 4.42. The van der Waals surface area contributed by atoms with Crippen molar-refractivity contribution in [1.29, 1.82) is 0 Å². The van der Waals surface area contributed by atoms with Crippen LogP contribution < -0.4 is 5.73 Å². The molecule has 1 aromatic carbocycles. The number of rotatable bonds is 5. The Morgan fingerprint density at radius 1 is 1.35 bits per heavy atom. The summed E-state index contributed by atoms with van der Waals surface area (Å²) in [6, 6.07) is 9.87. The number of aromatic nitrogens is 2. The van der Waals surface area contributed by atoms with Gasteiger partial charge in [-0.05, 0) is 12.1 Å². The average Bonchev–Trinajstić information content (AvgIpc) is 2.88. The van der Waals surface area contributed by atoms with Crippen LogP contribution in [0.5, 0.6) is 0 Å². The molecule has 2 aromatic rings. The lowest BCUT2D eigenvalue weighted by Crippen LogP contribution is -2.27. The number of carbonyl (C=O) groups is 1. The van der Waals surface area contributed by atoms with E-state index in [9.17, 15) is 4.79 Å². The van der Waals surface area contributed by atoms with Crippen LogP contribution in [0, 0.1) is 0 Å². The van der Waals surface area contributed by atoms with Crippen molar-refractivity contribution in [2.24, 2.45) is 5.73 Å². The normalized spacial score (nSPS) is 9.90. The number of para-hydroxylation sites is 1. The first kappa shape index (κ1) is 16.2. The van der Waals surface area contributed by atoms with Gasteiger partial charge in [0.15, 0.2) is 0 Å². The third-order valence-corrected chi connectivity index (χ3v) is 2.86. The highest BCUT2D eigenvalue weighted by atomic mass is 35.5. The Morgan fingerprint density at radius 2 is 2.05 bits per heavy atom. The van der Waals surface area contributed by atoms with Gasteiger partial charge in [0.1, 0.15) is 0 Å². The Bertz CT molecular complexity index is 541. The molecule has 0 atom stereocenters. The Balaban J connectivity index is 0.00000200. The Labute approximate surface area is 124 Å². The molecule has 0 fully saturated rings. The topological polar surface area (TPSA) is 64.2 Å². The lowest BCUT2D eigenvalue weighted by atomic mass is 10.3. The molecule has 2 rings (SSSR count). The molecule has 20 heavy (non-hydrogen) atoms. The molecular formula is C14H19ClN4O. The summed E-state index contributed by atoms with van der Waals surface area (Å²) >= 11 is 0. The zero-order chi connectivity index (χ0) is 13.7. The summed E-state index contributed by atoms with van der Waals surface area (Å²) < 4.78 is 1.80. The molecule has 5 nitrogen and oxygen atoms in total. The third kappa shape index (κ3) is 4.08. The molecule has 0 unspecified atom stereocenters. The molecule has 1 heterocycles. The number of hydrogen-bond donors (Lipinski definition) is 1. The van der Waals surface area contributed by atoms with Gasteiger partial charge in [0.25, 0.3) is 0 Å². The summed E-state index contributed by atoms with van der Waals surface area (Å²) in [6.45, 7) is 0.929. The molecule has 0 aliphatic carbocycles. The first-order valence-electron chi connectivity index (χ1n) is 6.23. The fourth-order valence-electron chi connectivity index (χ4n) is 1.84. The van der Waals surface area contributed by atoms with Crippen molar-refractivity contribution < 1.29 is 4.79 Å². The van der Waals surface area contributed by atoms with Crippen LogP contribution in [0.15, 0.2) is 42.7 Å². The minimum absolute atomic E-state index is 0. The van der Waals surface area contributed by atoms with Crippen LogP contribution in [0.3, 0.4) is 0 Å². The van der Waals surface area contributed by atoms with Crippen LogP contribution >= 0.6 is 12.4 Å². The fourth-order valence-corrected chi connectivity index (χ4v) is 1.84. The third-order valence-electron chi connectivity index (χ3n) is 2.86. The zero-order valence-corrected chi connectivity index (χ0v) is 12.2. The molecule has 2 N–H and O–H groups in total. The molecule has 1 aromatic heterocycles. The van der Waals surface area contributed by atoms with Gasteiger partial charge in [0, 0.05) is 38.3 Å². The molecule has 0 aliphatic heterocycles. The van der Waals surface area contributed by atoms with E-state index in [4.69, 9.17) is 5.73 Å². The minimum atomic E-state index is 0. The molecule has 0 saturated carbocycles. The van der Waals surface area contributed by atoms with Gasteiger partial charge in [-0.3, -0.25) is 4.79 Å². The number of amides is 1. The Hall–Kier alpha value is -1.85. The van der Waals surface area contributed by atoms with E-state index >= 15 is 0 Å². The monoisotopic (exact) mass is 294 g/mol. The molecule has 0 aliphatic rings. The summed E-state index contributed by atoms with van der Waals surface area (Å²) in [7, 11) is 1.78. The second-order valence-corrected chi connectivity index (χ2v) is 4.42. The van der Waals surface area contributed by atoms with Crippen molar-refractivity contribution in [3.8, 4) is 5.69 Å². The van der Waals surface area contributed by atoms with Crippen LogP contribution in [0.4, 0.5) is 0 Å². The van der Waals surface area contributed by atoms with E-state index in [1.165, 1.54) is 0 Å². The van der Waals surface area contributed by atoms with Crippen LogP contribution in [0.1, 0.15) is 12.0 Å². The number of halogens is 1. The number of nitrogens with zero attached hydrogens (tertiary/aromatic N) is 3. The summed E-state index contributed by atoms with van der Waals surface area (Å²) in [5.74, 6) is 0.0509. The van der Waals surface area contributed by atoms with Gasteiger partial charge in [0.2, 0.25) is 5.91 Å². The Kier molecular flexibility index (Phi) is 6.21. The first-order chi connectivity index (χ1) is 9.20. The van der Waals surface area contributed by atoms with Crippen LogP contribution in [-0.4, -0.2) is 34.2 Å². The highest BCUT2D eigenvalue weighted by Gasteiger charge is 2.09. The van der Waals surface area contributed by atoms with Gasteiger partial charge in [-0.1, -0.05) is 18.2 Å². The van der Waals surface area contributed by atoms with Gasteiger partial charge >= 0.3 is 0 Å². The molecule has 0 radical (unpaired) electrons.